The Hall–Kier alpha value is -1.06. The maximum absolute atomic E-state index is 5.90. The van der Waals surface area contributed by atoms with E-state index in [4.69, 9.17) is 4.74 Å². The predicted octanol–water partition coefficient (Wildman–Crippen LogP) is 2.91. The standard InChI is InChI=1S/C18H28N2O/c1-14-10-16(14)13-20(2)8-9-21-18-5-3-4-15(11-18)12-19-17-6-7-17/h3-5,11,14,16-17,19H,6-10,12-13H2,1-2H3. The van der Waals surface area contributed by atoms with Crippen molar-refractivity contribution in [3.05, 3.63) is 29.8 Å². The number of ether oxygens (including phenoxy) is 1. The summed E-state index contributed by atoms with van der Waals surface area (Å²) in [7, 11) is 2.20. The molecular formula is C18H28N2O. The predicted molar refractivity (Wildman–Crippen MR) is 86.6 cm³/mol. The number of rotatable bonds is 9. The zero-order valence-electron chi connectivity index (χ0n) is 13.3. The topological polar surface area (TPSA) is 24.5 Å². The molecule has 2 fully saturated rings. The molecule has 2 atom stereocenters. The summed E-state index contributed by atoms with van der Waals surface area (Å²) >= 11 is 0. The van der Waals surface area contributed by atoms with Gasteiger partial charge in [-0.15, -0.1) is 0 Å². The summed E-state index contributed by atoms with van der Waals surface area (Å²) in [5.74, 6) is 2.86. The first-order valence-electron chi connectivity index (χ1n) is 8.34. The van der Waals surface area contributed by atoms with Crippen LogP contribution in [0.15, 0.2) is 24.3 Å². The Bertz CT molecular complexity index is 458. The third-order valence-corrected chi connectivity index (χ3v) is 4.63. The van der Waals surface area contributed by atoms with Gasteiger partial charge < -0.3 is 15.0 Å². The van der Waals surface area contributed by atoms with Crippen LogP contribution < -0.4 is 10.1 Å². The summed E-state index contributed by atoms with van der Waals surface area (Å²) in [6.45, 7) is 6.30. The van der Waals surface area contributed by atoms with Crippen LogP contribution in [0.5, 0.6) is 5.75 Å². The molecule has 1 aromatic rings. The molecular weight excluding hydrogens is 260 g/mol. The van der Waals surface area contributed by atoms with Gasteiger partial charge in [0.2, 0.25) is 0 Å². The molecule has 2 unspecified atom stereocenters. The van der Waals surface area contributed by atoms with Crippen molar-refractivity contribution in [2.24, 2.45) is 11.8 Å². The molecule has 3 nitrogen and oxygen atoms in total. The van der Waals surface area contributed by atoms with E-state index in [0.717, 1.165) is 43.3 Å². The first-order valence-corrected chi connectivity index (χ1v) is 8.34. The molecule has 2 saturated carbocycles. The highest BCUT2D eigenvalue weighted by atomic mass is 16.5. The van der Waals surface area contributed by atoms with Gasteiger partial charge in [0.05, 0.1) is 0 Å². The number of nitrogens with one attached hydrogen (secondary N) is 1. The molecule has 21 heavy (non-hydrogen) atoms. The van der Waals surface area contributed by atoms with Gasteiger partial charge in [-0.3, -0.25) is 0 Å². The first-order chi connectivity index (χ1) is 10.2. The Morgan fingerprint density at radius 1 is 1.33 bits per heavy atom. The summed E-state index contributed by atoms with van der Waals surface area (Å²) in [5, 5.41) is 3.54. The summed E-state index contributed by atoms with van der Waals surface area (Å²) in [4.78, 5) is 2.40. The van der Waals surface area contributed by atoms with Gasteiger partial charge in [-0.1, -0.05) is 19.1 Å². The van der Waals surface area contributed by atoms with E-state index in [0.29, 0.717) is 0 Å². The second-order valence-electron chi connectivity index (χ2n) is 6.89. The minimum Gasteiger partial charge on any atom is -0.492 e. The van der Waals surface area contributed by atoms with Crippen LogP contribution in [0.1, 0.15) is 31.7 Å². The van der Waals surface area contributed by atoms with Crippen LogP contribution in [-0.2, 0) is 6.54 Å². The highest BCUT2D eigenvalue weighted by molar-refractivity contribution is 5.28. The van der Waals surface area contributed by atoms with Crippen molar-refractivity contribution in [2.75, 3.05) is 26.7 Å². The third-order valence-electron chi connectivity index (χ3n) is 4.63. The number of likely N-dealkylation sites (N-methyl/N-ethyl adjacent to an activating group) is 1. The average molecular weight is 288 g/mol. The van der Waals surface area contributed by atoms with Crippen LogP contribution in [0.25, 0.3) is 0 Å². The first kappa shape index (κ1) is 14.9. The number of hydrogen-bond donors (Lipinski definition) is 1. The molecule has 0 radical (unpaired) electrons. The number of hydrogen-bond acceptors (Lipinski definition) is 3. The maximum Gasteiger partial charge on any atom is 0.119 e. The van der Waals surface area contributed by atoms with Gasteiger partial charge in [0, 0.05) is 25.7 Å². The maximum atomic E-state index is 5.90. The third kappa shape index (κ3) is 5.01. The van der Waals surface area contributed by atoms with Crippen molar-refractivity contribution < 1.29 is 4.74 Å². The fourth-order valence-electron chi connectivity index (χ4n) is 2.76. The molecule has 0 aromatic heterocycles. The zero-order chi connectivity index (χ0) is 14.7. The minimum atomic E-state index is 0.757. The summed E-state index contributed by atoms with van der Waals surface area (Å²) in [6, 6.07) is 9.24. The largest absolute Gasteiger partial charge is 0.492 e. The van der Waals surface area contributed by atoms with E-state index in [-0.39, 0.29) is 0 Å². The van der Waals surface area contributed by atoms with Crippen molar-refractivity contribution in [3.8, 4) is 5.75 Å². The molecule has 1 N–H and O–H groups in total. The van der Waals surface area contributed by atoms with Crippen LogP contribution in [-0.4, -0.2) is 37.7 Å². The molecule has 3 heteroatoms. The average Bonchev–Trinajstić information content (AvgIpc) is 3.37. The second kappa shape index (κ2) is 6.80. The second-order valence-corrected chi connectivity index (χ2v) is 6.89. The molecule has 2 aliphatic carbocycles. The molecule has 0 spiro atoms. The molecule has 116 valence electrons. The SMILES string of the molecule is CC1CC1CN(C)CCOc1cccc(CNC2CC2)c1. The molecule has 0 heterocycles. The lowest BCUT2D eigenvalue weighted by Gasteiger charge is -2.17. The lowest BCUT2D eigenvalue weighted by atomic mass is 10.2. The van der Waals surface area contributed by atoms with Gasteiger partial charge in [-0.2, -0.15) is 0 Å². The van der Waals surface area contributed by atoms with Gasteiger partial charge in [-0.05, 0) is 55.8 Å². The summed E-state index contributed by atoms with van der Waals surface area (Å²) < 4.78 is 5.90. The van der Waals surface area contributed by atoms with Crippen LogP contribution in [0.2, 0.25) is 0 Å². The van der Waals surface area contributed by atoms with Crippen LogP contribution in [0, 0.1) is 11.8 Å². The number of nitrogens with zero attached hydrogens (tertiary/aromatic N) is 1. The van der Waals surface area contributed by atoms with Gasteiger partial charge in [0.25, 0.3) is 0 Å². The summed E-state index contributed by atoms with van der Waals surface area (Å²) in [5.41, 5.74) is 1.32. The Kier molecular flexibility index (Phi) is 4.81. The van der Waals surface area contributed by atoms with E-state index in [2.05, 4.69) is 48.5 Å². The van der Waals surface area contributed by atoms with Crippen molar-refractivity contribution >= 4 is 0 Å². The van der Waals surface area contributed by atoms with E-state index >= 15 is 0 Å². The van der Waals surface area contributed by atoms with Crippen molar-refractivity contribution in [3.63, 3.8) is 0 Å². The lowest BCUT2D eigenvalue weighted by Crippen LogP contribution is -2.26. The lowest BCUT2D eigenvalue weighted by molar-refractivity contribution is 0.230. The van der Waals surface area contributed by atoms with E-state index in [1.807, 2.05) is 0 Å². The van der Waals surface area contributed by atoms with Gasteiger partial charge >= 0.3 is 0 Å². The Balaban J connectivity index is 1.36. The van der Waals surface area contributed by atoms with Crippen LogP contribution in [0.4, 0.5) is 0 Å². The van der Waals surface area contributed by atoms with Crippen molar-refractivity contribution in [2.45, 2.75) is 38.8 Å². The molecule has 0 saturated heterocycles. The van der Waals surface area contributed by atoms with Crippen LogP contribution in [0.3, 0.4) is 0 Å². The quantitative estimate of drug-likeness (QED) is 0.756. The van der Waals surface area contributed by atoms with Crippen LogP contribution >= 0.6 is 0 Å². The fraction of sp³-hybridized carbons (Fsp3) is 0.667. The highest BCUT2D eigenvalue weighted by Crippen LogP contribution is 2.37. The summed E-state index contributed by atoms with van der Waals surface area (Å²) in [6.07, 6.45) is 4.07. The minimum absolute atomic E-state index is 0.757. The zero-order valence-corrected chi connectivity index (χ0v) is 13.3. The molecule has 3 rings (SSSR count). The highest BCUT2D eigenvalue weighted by Gasteiger charge is 2.32. The van der Waals surface area contributed by atoms with E-state index in [9.17, 15) is 0 Å². The van der Waals surface area contributed by atoms with Gasteiger partial charge in [-0.25, -0.2) is 0 Å². The van der Waals surface area contributed by atoms with E-state index in [1.165, 1.54) is 31.4 Å². The van der Waals surface area contributed by atoms with E-state index in [1.54, 1.807) is 0 Å². The Morgan fingerprint density at radius 2 is 2.14 bits per heavy atom. The van der Waals surface area contributed by atoms with E-state index < -0.39 is 0 Å². The molecule has 2 aliphatic rings. The Morgan fingerprint density at radius 3 is 2.86 bits per heavy atom. The molecule has 0 amide bonds. The Labute approximate surface area is 128 Å². The van der Waals surface area contributed by atoms with Crippen molar-refractivity contribution in [1.82, 2.24) is 10.2 Å². The monoisotopic (exact) mass is 288 g/mol. The number of benzene rings is 1. The van der Waals surface area contributed by atoms with Gasteiger partial charge in [0.1, 0.15) is 12.4 Å². The molecule has 0 bridgehead atoms. The molecule has 1 aromatic carbocycles. The van der Waals surface area contributed by atoms with Crippen molar-refractivity contribution in [1.29, 1.82) is 0 Å². The fourth-order valence-corrected chi connectivity index (χ4v) is 2.76. The normalized spacial score (nSPS) is 24.3. The molecule has 0 aliphatic heterocycles. The smallest absolute Gasteiger partial charge is 0.119 e. The van der Waals surface area contributed by atoms with Gasteiger partial charge in [0.15, 0.2) is 0 Å².